The van der Waals surface area contributed by atoms with Gasteiger partial charge >= 0.3 is 6.03 Å². The Kier molecular flexibility index (Phi) is 10.2. The lowest BCUT2D eigenvalue weighted by Crippen LogP contribution is -2.49. The quantitative estimate of drug-likeness (QED) is 0.221. The molecule has 4 aromatic rings. The monoisotopic (exact) mass is 598 g/mol. The molecule has 0 aliphatic carbocycles. The predicted molar refractivity (Wildman–Crippen MR) is 174 cm³/mol. The second kappa shape index (κ2) is 14.0. The molecule has 1 saturated heterocycles. The van der Waals surface area contributed by atoms with Crippen LogP contribution in [0.2, 0.25) is 0 Å². The molecule has 3 amide bonds. The fourth-order valence-corrected chi connectivity index (χ4v) is 6.28. The Morgan fingerprint density at radius 2 is 1.51 bits per heavy atom. The van der Waals surface area contributed by atoms with Crippen molar-refractivity contribution in [3.63, 3.8) is 0 Å². The first-order valence-electron chi connectivity index (χ1n) is 14.3. The number of rotatable bonds is 8. The molecular weight excluding hydrogens is 560 g/mol. The van der Waals surface area contributed by atoms with Gasteiger partial charge in [0, 0.05) is 24.5 Å². The zero-order valence-electron chi connectivity index (χ0n) is 24.8. The van der Waals surface area contributed by atoms with E-state index in [1.165, 1.54) is 5.56 Å². The van der Waals surface area contributed by atoms with E-state index in [-0.39, 0.29) is 17.3 Å². The number of hydrogen-bond acceptors (Lipinski definition) is 4. The summed E-state index contributed by atoms with van der Waals surface area (Å²) in [6.07, 6.45) is 3.15. The fourth-order valence-electron chi connectivity index (χ4n) is 5.18. The van der Waals surface area contributed by atoms with E-state index in [4.69, 9.17) is 4.79 Å². The van der Waals surface area contributed by atoms with Crippen LogP contribution in [0.25, 0.3) is 11.1 Å². The van der Waals surface area contributed by atoms with Gasteiger partial charge in [0.1, 0.15) is 0 Å². The highest BCUT2D eigenvalue weighted by molar-refractivity contribution is 7.92. The average molecular weight is 599 g/mol. The lowest BCUT2D eigenvalue weighted by Gasteiger charge is -2.36. The van der Waals surface area contributed by atoms with Crippen molar-refractivity contribution in [2.75, 3.05) is 27.6 Å². The van der Waals surface area contributed by atoms with Gasteiger partial charge in [-0.2, -0.15) is 0 Å². The summed E-state index contributed by atoms with van der Waals surface area (Å²) >= 11 is 0. The number of hydrogen-bond donors (Lipinski definition) is 2. The van der Waals surface area contributed by atoms with E-state index in [1.807, 2.05) is 56.3 Å². The molecular formula is C34H38N4O4S. The number of aryl methyl sites for hydroxylation is 2. The van der Waals surface area contributed by atoms with Crippen molar-refractivity contribution in [1.82, 2.24) is 0 Å². The minimum Gasteiger partial charge on any atom is -0.372 e. The van der Waals surface area contributed by atoms with Crippen molar-refractivity contribution in [3.05, 3.63) is 108 Å². The molecule has 8 nitrogen and oxygen atoms in total. The number of nitrogens with one attached hydrogen (secondary N) is 1. The van der Waals surface area contributed by atoms with Crippen molar-refractivity contribution in [2.45, 2.75) is 44.9 Å². The van der Waals surface area contributed by atoms with Gasteiger partial charge in [0.2, 0.25) is 6.41 Å². The Hall–Kier alpha value is -4.63. The van der Waals surface area contributed by atoms with Crippen LogP contribution in [0.3, 0.4) is 0 Å². The van der Waals surface area contributed by atoms with E-state index >= 15 is 0 Å². The second-order valence-corrected chi connectivity index (χ2v) is 12.1. The van der Waals surface area contributed by atoms with E-state index < -0.39 is 10.0 Å². The molecule has 0 radical (unpaired) electrons. The molecule has 9 heteroatoms. The predicted octanol–water partition coefficient (Wildman–Crippen LogP) is 6.66. The number of benzene rings is 4. The highest BCUT2D eigenvalue weighted by Crippen LogP contribution is 2.30. The summed E-state index contributed by atoms with van der Waals surface area (Å²) in [4.78, 5) is 25.8. The molecule has 0 aromatic heterocycles. The minimum absolute atomic E-state index is 0.115. The number of carbonyl (C=O) groups is 2. The van der Waals surface area contributed by atoms with Crippen LogP contribution in [-0.4, -0.2) is 33.9 Å². The van der Waals surface area contributed by atoms with Gasteiger partial charge in [-0.05, 0) is 97.0 Å². The number of sulfonamides is 1. The van der Waals surface area contributed by atoms with Crippen LogP contribution in [0.1, 0.15) is 36.5 Å². The Bertz CT molecular complexity index is 1690. The lowest BCUT2D eigenvalue weighted by atomic mass is 9.97. The van der Waals surface area contributed by atoms with Gasteiger partial charge in [-0.15, -0.1) is 0 Å². The summed E-state index contributed by atoms with van der Waals surface area (Å²) in [6.45, 7) is 7.45. The van der Waals surface area contributed by atoms with Crippen LogP contribution >= 0.6 is 0 Å². The molecule has 1 aliphatic rings. The second-order valence-electron chi connectivity index (χ2n) is 10.4. The SMILES string of the molecule is CCCc1ccc(N2CCCN(c3cccc(NS(=O)(=O)c4cccc(-c5cccc(C)c5C)c4)c3)C2=O)cc1.NC=O. The summed E-state index contributed by atoms with van der Waals surface area (Å²) < 4.78 is 29.5. The molecule has 0 unspecified atom stereocenters. The highest BCUT2D eigenvalue weighted by atomic mass is 32.2. The molecule has 1 aliphatic heterocycles. The maximum Gasteiger partial charge on any atom is 0.328 e. The summed E-state index contributed by atoms with van der Waals surface area (Å²) in [6, 6.07) is 28.1. The van der Waals surface area contributed by atoms with Gasteiger partial charge in [-0.3, -0.25) is 19.3 Å². The molecule has 0 atom stereocenters. The van der Waals surface area contributed by atoms with Crippen molar-refractivity contribution >= 4 is 39.5 Å². The van der Waals surface area contributed by atoms with Crippen LogP contribution in [0.4, 0.5) is 21.9 Å². The molecule has 3 N–H and O–H groups in total. The first-order valence-corrected chi connectivity index (χ1v) is 15.8. The normalized spacial score (nSPS) is 13.2. The van der Waals surface area contributed by atoms with Crippen molar-refractivity contribution < 1.29 is 18.0 Å². The molecule has 224 valence electrons. The maximum absolute atomic E-state index is 13.5. The van der Waals surface area contributed by atoms with Gasteiger partial charge in [0.05, 0.1) is 10.6 Å². The fraction of sp³-hybridized carbons (Fsp3) is 0.235. The average Bonchev–Trinajstić information content (AvgIpc) is 3.00. The Balaban J connectivity index is 0.00000135. The van der Waals surface area contributed by atoms with Crippen molar-refractivity contribution in [1.29, 1.82) is 0 Å². The lowest BCUT2D eigenvalue weighted by molar-refractivity contribution is -0.106. The maximum atomic E-state index is 13.5. The van der Waals surface area contributed by atoms with E-state index in [2.05, 4.69) is 29.5 Å². The smallest absolute Gasteiger partial charge is 0.328 e. The summed E-state index contributed by atoms with van der Waals surface area (Å²) in [5.41, 5.74) is 11.5. The Morgan fingerprint density at radius 3 is 2.21 bits per heavy atom. The number of anilines is 3. The van der Waals surface area contributed by atoms with E-state index in [0.29, 0.717) is 24.5 Å². The van der Waals surface area contributed by atoms with Crippen molar-refractivity contribution in [3.8, 4) is 11.1 Å². The van der Waals surface area contributed by atoms with Crippen LogP contribution < -0.4 is 20.3 Å². The molecule has 43 heavy (non-hydrogen) atoms. The number of nitrogens with zero attached hydrogens (tertiary/aromatic N) is 2. The standard InChI is InChI=1S/C33H35N3O3S.CH3NO/c1-4-9-26-16-18-29(19-17-26)35-20-8-21-36(33(35)37)30-13-7-12-28(23-30)34-40(38,39)31-14-6-11-27(22-31)32-15-5-10-24(2)25(32)3;2-1-3/h5-7,10-19,22-23,34H,4,8-9,20-21H2,1-3H3;1H,(H2,2,3). The summed E-state index contributed by atoms with van der Waals surface area (Å²) in [7, 11) is -3.85. The molecule has 5 rings (SSSR count). The topological polar surface area (TPSA) is 113 Å². The zero-order valence-corrected chi connectivity index (χ0v) is 25.6. The van der Waals surface area contributed by atoms with Crippen LogP contribution in [0.15, 0.2) is 95.9 Å². The molecule has 0 bridgehead atoms. The van der Waals surface area contributed by atoms with E-state index in [9.17, 15) is 13.2 Å². The molecule has 1 fully saturated rings. The molecule has 1 heterocycles. The van der Waals surface area contributed by atoms with Gasteiger partial charge < -0.3 is 5.73 Å². The number of urea groups is 1. The number of primary amides is 1. The Labute approximate surface area is 254 Å². The molecule has 4 aromatic carbocycles. The molecule has 0 spiro atoms. The van der Waals surface area contributed by atoms with Gasteiger partial charge in [-0.1, -0.05) is 61.9 Å². The summed E-state index contributed by atoms with van der Waals surface area (Å²) in [5, 5.41) is 0. The number of carbonyl (C=O) groups excluding carboxylic acids is 2. The number of amides is 3. The first-order chi connectivity index (χ1) is 20.7. The third-order valence-corrected chi connectivity index (χ3v) is 8.86. The largest absolute Gasteiger partial charge is 0.372 e. The highest BCUT2D eigenvalue weighted by Gasteiger charge is 2.28. The zero-order chi connectivity index (χ0) is 31.0. The summed E-state index contributed by atoms with van der Waals surface area (Å²) in [5.74, 6) is 0. The van der Waals surface area contributed by atoms with E-state index in [1.54, 1.807) is 46.2 Å². The third kappa shape index (κ3) is 7.42. The van der Waals surface area contributed by atoms with Gasteiger partial charge in [-0.25, -0.2) is 13.2 Å². The Morgan fingerprint density at radius 1 is 0.860 bits per heavy atom. The van der Waals surface area contributed by atoms with Crippen LogP contribution in [0.5, 0.6) is 0 Å². The van der Waals surface area contributed by atoms with E-state index in [0.717, 1.165) is 47.2 Å². The molecule has 0 saturated carbocycles. The van der Waals surface area contributed by atoms with Crippen LogP contribution in [-0.2, 0) is 21.2 Å². The third-order valence-electron chi connectivity index (χ3n) is 7.48. The van der Waals surface area contributed by atoms with Gasteiger partial charge in [0.25, 0.3) is 10.0 Å². The van der Waals surface area contributed by atoms with Crippen molar-refractivity contribution in [2.24, 2.45) is 5.73 Å². The van der Waals surface area contributed by atoms with Gasteiger partial charge in [0.15, 0.2) is 0 Å². The minimum atomic E-state index is -3.85. The first kappa shape index (κ1) is 31.3. The number of nitrogens with two attached hydrogens (primary N) is 1. The van der Waals surface area contributed by atoms with Crippen LogP contribution in [0, 0.1) is 13.8 Å².